The Bertz CT molecular complexity index is 1940. The Labute approximate surface area is 301 Å². The van der Waals surface area contributed by atoms with E-state index in [1.54, 1.807) is 30.4 Å². The molecule has 2 aromatic rings. The van der Waals surface area contributed by atoms with Crippen LogP contribution in [0.15, 0.2) is 119 Å². The summed E-state index contributed by atoms with van der Waals surface area (Å²) < 4.78 is 55.8. The highest BCUT2D eigenvalue weighted by molar-refractivity contribution is 5.67. The number of allylic oxidation sites excluding steroid dienone is 8. The number of alkyl carbamates (subject to hydrolysis) is 1. The molecule has 1 aliphatic carbocycles. The van der Waals surface area contributed by atoms with Crippen LogP contribution in [0.1, 0.15) is 37.8 Å². The van der Waals surface area contributed by atoms with E-state index in [4.69, 9.17) is 9.47 Å². The molecule has 1 unspecified atom stereocenters. The average Bonchev–Trinajstić information content (AvgIpc) is 3.46. The summed E-state index contributed by atoms with van der Waals surface area (Å²) in [6, 6.07) is 19.4. The van der Waals surface area contributed by atoms with Crippen LogP contribution in [-0.4, -0.2) is 50.7 Å². The number of ether oxygens (including phenoxy) is 2. The van der Waals surface area contributed by atoms with Gasteiger partial charge in [0.2, 0.25) is 0 Å². The van der Waals surface area contributed by atoms with Crippen molar-refractivity contribution in [1.29, 1.82) is 15.8 Å². The number of rotatable bonds is 11. The fourth-order valence-corrected chi connectivity index (χ4v) is 6.23. The van der Waals surface area contributed by atoms with E-state index in [1.165, 1.54) is 43.5 Å². The minimum atomic E-state index is -5.07. The van der Waals surface area contributed by atoms with Crippen LogP contribution >= 0.6 is 0 Å². The molecule has 1 atom stereocenters. The number of nitrogens with zero attached hydrogens (tertiary/aromatic N) is 4. The summed E-state index contributed by atoms with van der Waals surface area (Å²) in [6.07, 6.45) is 6.01. The Kier molecular flexibility index (Phi) is 12.5. The summed E-state index contributed by atoms with van der Waals surface area (Å²) in [4.78, 5) is 13.3. The first-order chi connectivity index (χ1) is 24.8. The number of carbonyl (C=O) groups excluding carboxylic acids is 1. The van der Waals surface area contributed by atoms with Crippen LogP contribution in [0.2, 0.25) is 0 Å². The van der Waals surface area contributed by atoms with E-state index in [0.717, 1.165) is 28.8 Å². The Hall–Kier alpha value is -6.03. The minimum Gasteiger partial charge on any atom is -0.465 e. The third kappa shape index (κ3) is 8.81. The number of alkyl halides is 3. The van der Waals surface area contributed by atoms with Gasteiger partial charge >= 0.3 is 12.3 Å². The maximum Gasteiger partial charge on any atom is 0.437 e. The van der Waals surface area contributed by atoms with Crippen LogP contribution in [0.25, 0.3) is 6.08 Å². The summed E-state index contributed by atoms with van der Waals surface area (Å²) >= 11 is 0. The molecule has 0 bridgehead atoms. The molecule has 0 radical (unpaired) electrons. The van der Waals surface area contributed by atoms with Gasteiger partial charge in [-0.1, -0.05) is 92.8 Å². The van der Waals surface area contributed by atoms with E-state index >= 15 is 13.2 Å². The van der Waals surface area contributed by atoms with Gasteiger partial charge in [0.15, 0.2) is 11.3 Å². The van der Waals surface area contributed by atoms with Crippen molar-refractivity contribution < 1.29 is 32.5 Å². The van der Waals surface area contributed by atoms with Crippen molar-refractivity contribution in [1.82, 2.24) is 5.32 Å². The lowest BCUT2D eigenvalue weighted by Crippen LogP contribution is -2.43. The number of benzene rings is 2. The molecule has 0 aromatic heterocycles. The topological polar surface area (TPSA) is 142 Å². The average molecular weight is 710 g/mol. The van der Waals surface area contributed by atoms with Gasteiger partial charge in [-0.2, -0.15) is 29.0 Å². The normalized spacial score (nSPS) is 19.1. The highest BCUT2D eigenvalue weighted by atomic mass is 19.4. The quantitative estimate of drug-likeness (QED) is 0.226. The number of anilines is 1. The summed E-state index contributed by atoms with van der Waals surface area (Å²) in [5.74, 6) is -0.712. The van der Waals surface area contributed by atoms with Gasteiger partial charge in [0, 0.05) is 30.4 Å². The van der Waals surface area contributed by atoms with Gasteiger partial charge in [0.25, 0.3) is 5.60 Å². The highest BCUT2D eigenvalue weighted by Crippen LogP contribution is 2.55. The zero-order valence-corrected chi connectivity index (χ0v) is 29.0. The van der Waals surface area contributed by atoms with E-state index in [-0.39, 0.29) is 24.2 Å². The number of hydrogen-bond acceptors (Lipinski definition) is 8. The molecular formula is C40H38F3N5O4. The molecule has 0 saturated heterocycles. The number of nitriles is 3. The first-order valence-electron chi connectivity index (χ1n) is 16.4. The fourth-order valence-electron chi connectivity index (χ4n) is 6.23. The zero-order valence-electron chi connectivity index (χ0n) is 29.0. The molecule has 1 heterocycles. The van der Waals surface area contributed by atoms with Crippen LogP contribution in [0.3, 0.4) is 0 Å². The van der Waals surface area contributed by atoms with Crippen molar-refractivity contribution in [3.8, 4) is 18.2 Å². The van der Waals surface area contributed by atoms with Gasteiger partial charge in [-0.25, -0.2) is 4.79 Å². The molecule has 0 spiro atoms. The molecule has 2 aromatic carbocycles. The van der Waals surface area contributed by atoms with Crippen LogP contribution in [0.5, 0.6) is 0 Å². The largest absolute Gasteiger partial charge is 0.465 e. The summed E-state index contributed by atoms with van der Waals surface area (Å²) in [5.41, 5.74) is -1.78. The SMILES string of the molecule is CNC(=O)OCCN(CCO)c1ccc(/C=C/C2=CC(=C/C=C/C3=C(C#N)C(=C(C#N)C#N)OC3(c3ccccc3)C(F)(F)F)/CC(C)(C)C2)cc1. The molecule has 2 aliphatic rings. The molecule has 12 heteroatoms. The first-order valence-corrected chi connectivity index (χ1v) is 16.4. The Morgan fingerprint density at radius 3 is 2.31 bits per heavy atom. The summed E-state index contributed by atoms with van der Waals surface area (Å²) in [5, 5.41) is 40.9. The predicted molar refractivity (Wildman–Crippen MR) is 190 cm³/mol. The second-order valence-corrected chi connectivity index (χ2v) is 12.8. The molecule has 268 valence electrons. The number of carbonyl (C=O) groups is 1. The number of amides is 1. The highest BCUT2D eigenvalue weighted by Gasteiger charge is 2.65. The maximum absolute atomic E-state index is 15.1. The second kappa shape index (κ2) is 16.8. The van der Waals surface area contributed by atoms with Crippen LogP contribution in [0, 0.1) is 39.4 Å². The van der Waals surface area contributed by atoms with Crippen molar-refractivity contribution >= 4 is 17.9 Å². The van der Waals surface area contributed by atoms with Gasteiger partial charge in [-0.15, -0.1) is 0 Å². The van der Waals surface area contributed by atoms with Crippen molar-refractivity contribution in [3.05, 3.63) is 130 Å². The lowest BCUT2D eigenvalue weighted by atomic mass is 9.75. The number of aliphatic hydroxyl groups is 1. The number of aliphatic hydroxyl groups excluding tert-OH is 1. The van der Waals surface area contributed by atoms with Gasteiger partial charge < -0.3 is 24.8 Å². The molecule has 9 nitrogen and oxygen atoms in total. The molecule has 52 heavy (non-hydrogen) atoms. The zero-order chi connectivity index (χ0) is 37.9. The van der Waals surface area contributed by atoms with E-state index in [1.807, 2.05) is 47.4 Å². The number of hydrogen-bond donors (Lipinski definition) is 2. The second-order valence-electron chi connectivity index (χ2n) is 12.8. The van der Waals surface area contributed by atoms with Gasteiger partial charge in [-0.3, -0.25) is 0 Å². The maximum atomic E-state index is 15.1. The molecule has 2 N–H and O–H groups in total. The third-order valence-corrected chi connectivity index (χ3v) is 8.50. The Morgan fingerprint density at radius 1 is 1.02 bits per heavy atom. The van der Waals surface area contributed by atoms with Crippen molar-refractivity contribution in [2.75, 3.05) is 38.3 Å². The number of nitrogens with one attached hydrogen (secondary N) is 1. The summed E-state index contributed by atoms with van der Waals surface area (Å²) in [7, 11) is 1.48. The molecule has 1 aliphatic heterocycles. The molecule has 4 rings (SSSR count). The van der Waals surface area contributed by atoms with E-state index in [9.17, 15) is 25.7 Å². The van der Waals surface area contributed by atoms with Crippen LogP contribution < -0.4 is 10.2 Å². The predicted octanol–water partition coefficient (Wildman–Crippen LogP) is 7.69. The standard InChI is InChI=1S/C40H38F3N5O4/c1-38(2)23-29(22-30(24-38)13-12-28-14-16-33(17-15-28)48(18-20-49)19-21-51-37(50)47-3)8-7-11-35-34(27-46)36(31(25-44)26-45)52-39(35,40(41,42)43)32-9-5-4-6-10-32/h4-17,22,49H,18-21,23-24H2,1-3H3,(H,47,50)/b11-7+,13-12+,29-8-. The molecule has 0 saturated carbocycles. The lowest BCUT2D eigenvalue weighted by molar-refractivity contribution is -0.249. The van der Waals surface area contributed by atoms with Crippen LogP contribution in [-0.2, 0) is 15.1 Å². The Balaban J connectivity index is 1.65. The van der Waals surface area contributed by atoms with E-state index in [2.05, 4.69) is 19.2 Å². The first kappa shape index (κ1) is 38.8. The smallest absolute Gasteiger partial charge is 0.437 e. The van der Waals surface area contributed by atoms with Crippen molar-refractivity contribution in [2.45, 2.75) is 38.5 Å². The molecule has 1 amide bonds. The lowest BCUT2D eigenvalue weighted by Gasteiger charge is -2.33. The van der Waals surface area contributed by atoms with Crippen LogP contribution in [0.4, 0.5) is 23.7 Å². The third-order valence-electron chi connectivity index (χ3n) is 8.50. The Morgan fingerprint density at radius 2 is 1.71 bits per heavy atom. The number of halogens is 3. The van der Waals surface area contributed by atoms with Crippen molar-refractivity contribution in [2.24, 2.45) is 5.41 Å². The monoisotopic (exact) mass is 709 g/mol. The summed E-state index contributed by atoms with van der Waals surface area (Å²) in [6.45, 7) is 5.04. The van der Waals surface area contributed by atoms with E-state index in [0.29, 0.717) is 19.5 Å². The van der Waals surface area contributed by atoms with Crippen molar-refractivity contribution in [3.63, 3.8) is 0 Å². The van der Waals surface area contributed by atoms with E-state index < -0.39 is 40.3 Å². The van der Waals surface area contributed by atoms with Gasteiger partial charge in [0.05, 0.1) is 13.2 Å². The van der Waals surface area contributed by atoms with Gasteiger partial charge in [-0.05, 0) is 47.1 Å². The fraction of sp³-hybridized carbons (Fsp3) is 0.300. The van der Waals surface area contributed by atoms with Gasteiger partial charge in [0.1, 0.15) is 30.4 Å². The molecular weight excluding hydrogens is 671 g/mol. The minimum absolute atomic E-state index is 0.0703. The molecule has 0 fully saturated rings.